The van der Waals surface area contributed by atoms with E-state index in [9.17, 15) is 13.2 Å². The first kappa shape index (κ1) is 19.1. The van der Waals surface area contributed by atoms with Crippen LogP contribution in [0.4, 0.5) is 11.5 Å². The Bertz CT molecular complexity index is 1070. The molecule has 2 heterocycles. The zero-order valence-electron chi connectivity index (χ0n) is 13.8. The minimum Gasteiger partial charge on any atom is -0.481 e. The number of anilines is 2. The Morgan fingerprint density at radius 1 is 1.15 bits per heavy atom. The van der Waals surface area contributed by atoms with Crippen LogP contribution in [0.2, 0.25) is 4.34 Å². The van der Waals surface area contributed by atoms with Crippen LogP contribution < -0.4 is 14.8 Å². The fourth-order valence-corrected chi connectivity index (χ4v) is 3.99. The Kier molecular flexibility index (Phi) is 5.59. The maximum Gasteiger partial charge on any atom is 0.265 e. The highest BCUT2D eigenvalue weighted by molar-refractivity contribution is 7.92. The molecule has 0 spiro atoms. The predicted octanol–water partition coefficient (Wildman–Crippen LogP) is 3.25. The number of halogens is 1. The third-order valence-electron chi connectivity index (χ3n) is 3.31. The van der Waals surface area contributed by atoms with E-state index in [1.165, 1.54) is 43.8 Å². The van der Waals surface area contributed by atoms with E-state index < -0.39 is 10.0 Å². The third kappa shape index (κ3) is 4.73. The zero-order valence-corrected chi connectivity index (χ0v) is 16.2. The minimum atomic E-state index is -3.86. The van der Waals surface area contributed by atoms with E-state index in [2.05, 4.69) is 20.0 Å². The molecule has 0 saturated carbocycles. The number of ether oxygens (including phenoxy) is 1. The second-order valence-corrected chi connectivity index (χ2v) is 8.53. The Hall–Kier alpha value is -2.69. The predicted molar refractivity (Wildman–Crippen MR) is 103 cm³/mol. The fourth-order valence-electron chi connectivity index (χ4n) is 2.05. The molecule has 0 bridgehead atoms. The van der Waals surface area contributed by atoms with Gasteiger partial charge in [0.25, 0.3) is 15.9 Å². The number of benzene rings is 1. The molecule has 0 aliphatic rings. The van der Waals surface area contributed by atoms with Gasteiger partial charge < -0.3 is 10.1 Å². The summed E-state index contributed by atoms with van der Waals surface area (Å²) in [5.41, 5.74) is 0.451. The van der Waals surface area contributed by atoms with E-state index in [0.717, 1.165) is 11.3 Å². The topological polar surface area (TPSA) is 110 Å². The molecule has 0 radical (unpaired) electrons. The highest BCUT2D eigenvalue weighted by Gasteiger charge is 2.16. The molecule has 11 heteroatoms. The molecule has 140 valence electrons. The SMILES string of the molecule is COc1cc(NS(=O)(=O)c2ccc(NC(=O)c3ccc(Cl)s3)cc2)ncn1. The standard InChI is InChI=1S/C16H13ClN4O4S2/c1-25-15-8-14(18-9-19-15)21-27(23,24)11-4-2-10(3-5-11)20-16(22)12-6-7-13(17)26-12/h2-9H,1H3,(H,20,22)(H,18,19,21). The van der Waals surface area contributed by atoms with Crippen LogP contribution in [-0.2, 0) is 10.0 Å². The first-order valence-electron chi connectivity index (χ1n) is 7.43. The van der Waals surface area contributed by atoms with Crippen LogP contribution in [0.3, 0.4) is 0 Å². The Morgan fingerprint density at radius 3 is 2.52 bits per heavy atom. The quantitative estimate of drug-likeness (QED) is 0.628. The van der Waals surface area contributed by atoms with Crippen molar-refractivity contribution in [1.29, 1.82) is 0 Å². The summed E-state index contributed by atoms with van der Waals surface area (Å²) in [5.74, 6) is -0.0167. The number of aromatic nitrogens is 2. The van der Waals surface area contributed by atoms with Crippen molar-refractivity contribution in [3.05, 3.63) is 58.0 Å². The van der Waals surface area contributed by atoms with E-state index in [0.29, 0.717) is 14.9 Å². The number of nitrogens with zero attached hydrogens (tertiary/aromatic N) is 2. The molecule has 0 unspecified atom stereocenters. The highest BCUT2D eigenvalue weighted by Crippen LogP contribution is 2.23. The number of hydrogen-bond acceptors (Lipinski definition) is 7. The number of nitrogens with one attached hydrogen (secondary N) is 2. The molecule has 8 nitrogen and oxygen atoms in total. The van der Waals surface area contributed by atoms with Crippen LogP contribution in [0.1, 0.15) is 9.67 Å². The van der Waals surface area contributed by atoms with Crippen molar-refractivity contribution in [2.45, 2.75) is 4.90 Å². The van der Waals surface area contributed by atoms with Crippen LogP contribution >= 0.6 is 22.9 Å². The number of carbonyl (C=O) groups is 1. The van der Waals surface area contributed by atoms with Crippen LogP contribution in [-0.4, -0.2) is 31.4 Å². The molecule has 3 rings (SSSR count). The lowest BCUT2D eigenvalue weighted by atomic mass is 10.3. The summed E-state index contributed by atoms with van der Waals surface area (Å²) >= 11 is 6.96. The largest absolute Gasteiger partial charge is 0.481 e. The van der Waals surface area contributed by atoms with Crippen molar-refractivity contribution in [2.75, 3.05) is 17.1 Å². The highest BCUT2D eigenvalue weighted by atomic mass is 35.5. The van der Waals surface area contributed by atoms with Gasteiger partial charge in [-0.25, -0.2) is 18.4 Å². The lowest BCUT2D eigenvalue weighted by molar-refractivity contribution is 0.103. The summed E-state index contributed by atoms with van der Waals surface area (Å²) in [4.78, 5) is 20.2. The Morgan fingerprint density at radius 2 is 1.89 bits per heavy atom. The van der Waals surface area contributed by atoms with Gasteiger partial charge in [-0.15, -0.1) is 11.3 Å². The molecule has 0 aliphatic carbocycles. The van der Waals surface area contributed by atoms with Gasteiger partial charge in [0, 0.05) is 11.8 Å². The number of amides is 1. The molecule has 0 aliphatic heterocycles. The number of rotatable bonds is 6. The summed E-state index contributed by atoms with van der Waals surface area (Å²) < 4.78 is 32.7. The second kappa shape index (κ2) is 7.91. The van der Waals surface area contributed by atoms with Gasteiger partial charge in [0.1, 0.15) is 12.1 Å². The van der Waals surface area contributed by atoms with E-state index in [1.54, 1.807) is 12.1 Å². The molecule has 0 atom stereocenters. The van der Waals surface area contributed by atoms with Gasteiger partial charge in [0.05, 0.1) is 21.2 Å². The Balaban J connectivity index is 1.72. The van der Waals surface area contributed by atoms with E-state index in [1.807, 2.05) is 0 Å². The number of methoxy groups -OCH3 is 1. The smallest absolute Gasteiger partial charge is 0.265 e. The third-order valence-corrected chi connectivity index (χ3v) is 5.91. The summed E-state index contributed by atoms with van der Waals surface area (Å²) in [6, 6.07) is 10.3. The summed E-state index contributed by atoms with van der Waals surface area (Å²) in [6.07, 6.45) is 1.19. The van der Waals surface area contributed by atoms with Gasteiger partial charge in [-0.05, 0) is 36.4 Å². The molecular formula is C16H13ClN4O4S2. The minimum absolute atomic E-state index is 0.0113. The molecule has 2 aromatic heterocycles. The maximum absolute atomic E-state index is 12.4. The fraction of sp³-hybridized carbons (Fsp3) is 0.0625. The van der Waals surface area contributed by atoms with Crippen LogP contribution in [0.5, 0.6) is 5.88 Å². The number of thiophene rings is 1. The maximum atomic E-state index is 12.4. The number of carbonyl (C=O) groups excluding carboxylic acids is 1. The molecule has 0 fully saturated rings. The lowest BCUT2D eigenvalue weighted by Gasteiger charge is -2.09. The molecule has 1 aromatic carbocycles. The van der Waals surface area contributed by atoms with Gasteiger partial charge >= 0.3 is 0 Å². The monoisotopic (exact) mass is 424 g/mol. The van der Waals surface area contributed by atoms with Gasteiger partial charge in [-0.1, -0.05) is 11.6 Å². The average molecular weight is 425 g/mol. The van der Waals surface area contributed by atoms with Crippen LogP contribution in [0.25, 0.3) is 0 Å². The van der Waals surface area contributed by atoms with Gasteiger partial charge in [0.2, 0.25) is 5.88 Å². The van der Waals surface area contributed by atoms with Crippen LogP contribution in [0, 0.1) is 0 Å². The molecule has 1 amide bonds. The van der Waals surface area contributed by atoms with Crippen molar-refractivity contribution in [1.82, 2.24) is 9.97 Å². The molecular weight excluding hydrogens is 412 g/mol. The van der Waals surface area contributed by atoms with Gasteiger partial charge in [-0.2, -0.15) is 0 Å². The van der Waals surface area contributed by atoms with Crippen molar-refractivity contribution < 1.29 is 17.9 Å². The van der Waals surface area contributed by atoms with Crippen molar-refractivity contribution in [3.8, 4) is 5.88 Å². The molecule has 27 heavy (non-hydrogen) atoms. The summed E-state index contributed by atoms with van der Waals surface area (Å²) in [5, 5.41) is 2.68. The molecule has 2 N–H and O–H groups in total. The van der Waals surface area contributed by atoms with E-state index in [4.69, 9.17) is 16.3 Å². The van der Waals surface area contributed by atoms with Crippen molar-refractivity contribution in [2.24, 2.45) is 0 Å². The van der Waals surface area contributed by atoms with E-state index >= 15 is 0 Å². The summed E-state index contributed by atoms with van der Waals surface area (Å²) in [6.45, 7) is 0. The lowest BCUT2D eigenvalue weighted by Crippen LogP contribution is -2.14. The zero-order chi connectivity index (χ0) is 19.4. The summed E-state index contributed by atoms with van der Waals surface area (Å²) in [7, 11) is -2.44. The normalized spacial score (nSPS) is 11.0. The second-order valence-electron chi connectivity index (χ2n) is 5.13. The Labute approximate surface area is 164 Å². The number of hydrogen-bond donors (Lipinski definition) is 2. The van der Waals surface area contributed by atoms with Gasteiger partial charge in [-0.3, -0.25) is 9.52 Å². The van der Waals surface area contributed by atoms with Crippen LogP contribution in [0.15, 0.2) is 53.7 Å². The average Bonchev–Trinajstić information content (AvgIpc) is 3.08. The first-order chi connectivity index (χ1) is 12.9. The van der Waals surface area contributed by atoms with Gasteiger partial charge in [0.15, 0.2) is 0 Å². The van der Waals surface area contributed by atoms with Crippen molar-refractivity contribution in [3.63, 3.8) is 0 Å². The van der Waals surface area contributed by atoms with Crippen molar-refractivity contribution >= 4 is 50.4 Å². The first-order valence-corrected chi connectivity index (χ1v) is 10.1. The number of sulfonamides is 1. The molecule has 0 saturated heterocycles. The molecule has 3 aromatic rings. The van der Waals surface area contributed by atoms with E-state index in [-0.39, 0.29) is 22.5 Å².